The number of nitrogens with zero attached hydrogens (tertiary/aromatic N) is 1. The van der Waals surface area contributed by atoms with Crippen molar-refractivity contribution in [2.24, 2.45) is 5.92 Å². The summed E-state index contributed by atoms with van der Waals surface area (Å²) in [5, 5.41) is 9.09. The average molecular weight is 363 g/mol. The molecule has 7 heteroatoms. The molecular formula is C19H25NO6. The Morgan fingerprint density at radius 3 is 2.69 bits per heavy atom. The summed E-state index contributed by atoms with van der Waals surface area (Å²) in [6, 6.07) is 4.98. The molecule has 1 aliphatic rings. The molecule has 0 saturated carbocycles. The lowest BCUT2D eigenvalue weighted by atomic mass is 9.98. The van der Waals surface area contributed by atoms with E-state index >= 15 is 0 Å². The highest BCUT2D eigenvalue weighted by atomic mass is 16.5. The van der Waals surface area contributed by atoms with Crippen LogP contribution in [0.25, 0.3) is 0 Å². The van der Waals surface area contributed by atoms with E-state index in [4.69, 9.17) is 14.6 Å². The molecule has 1 N–H and O–H groups in total. The molecule has 7 nitrogen and oxygen atoms in total. The van der Waals surface area contributed by atoms with Crippen molar-refractivity contribution in [3.63, 3.8) is 0 Å². The zero-order valence-corrected chi connectivity index (χ0v) is 15.2. The summed E-state index contributed by atoms with van der Waals surface area (Å²) in [6.07, 6.45) is 2.17. The number of rotatable bonds is 8. The summed E-state index contributed by atoms with van der Waals surface area (Å²) in [4.78, 5) is 36.3. The monoisotopic (exact) mass is 363 g/mol. The number of hydrogen-bond donors (Lipinski definition) is 1. The van der Waals surface area contributed by atoms with E-state index in [-0.39, 0.29) is 18.2 Å². The van der Waals surface area contributed by atoms with Gasteiger partial charge in [0.05, 0.1) is 19.6 Å². The van der Waals surface area contributed by atoms with Gasteiger partial charge in [0, 0.05) is 25.1 Å². The first-order chi connectivity index (χ1) is 12.4. The van der Waals surface area contributed by atoms with Gasteiger partial charge < -0.3 is 19.5 Å². The van der Waals surface area contributed by atoms with Gasteiger partial charge in [0.2, 0.25) is 5.91 Å². The summed E-state index contributed by atoms with van der Waals surface area (Å²) in [7, 11) is 1.50. The van der Waals surface area contributed by atoms with Crippen LogP contribution in [0.1, 0.15) is 43.0 Å². The number of carbonyl (C=O) groups excluding carboxylic acids is 2. The van der Waals surface area contributed by atoms with Crippen LogP contribution >= 0.6 is 0 Å². The second kappa shape index (κ2) is 9.22. The summed E-state index contributed by atoms with van der Waals surface area (Å²) in [5.41, 5.74) is 0.544. The van der Waals surface area contributed by atoms with Gasteiger partial charge in [0.25, 0.3) is 0 Å². The average Bonchev–Trinajstić information content (AvgIpc) is 2.64. The van der Waals surface area contributed by atoms with Gasteiger partial charge in [-0.3, -0.25) is 14.4 Å². The van der Waals surface area contributed by atoms with Gasteiger partial charge in [-0.1, -0.05) is 0 Å². The maximum absolute atomic E-state index is 12.2. The van der Waals surface area contributed by atoms with Crippen LogP contribution in [0.4, 0.5) is 0 Å². The predicted octanol–water partition coefficient (Wildman–Crippen LogP) is 2.38. The van der Waals surface area contributed by atoms with Gasteiger partial charge in [-0.2, -0.15) is 0 Å². The molecule has 0 aromatic heterocycles. The largest absolute Gasteiger partial charge is 0.493 e. The van der Waals surface area contributed by atoms with E-state index < -0.39 is 11.9 Å². The molecule has 1 fully saturated rings. The fraction of sp³-hybridized carbons (Fsp3) is 0.526. The maximum Gasteiger partial charge on any atom is 0.308 e. The highest BCUT2D eigenvalue weighted by Gasteiger charge is 2.27. The molecule has 142 valence electrons. The first kappa shape index (κ1) is 19.8. The van der Waals surface area contributed by atoms with E-state index in [1.54, 1.807) is 23.1 Å². The van der Waals surface area contributed by atoms with Crippen molar-refractivity contribution in [3.05, 3.63) is 23.8 Å². The number of likely N-dealkylation sites (tertiary alicyclic amines) is 1. The summed E-state index contributed by atoms with van der Waals surface area (Å²) in [6.45, 7) is 2.72. The van der Waals surface area contributed by atoms with Crippen LogP contribution in [0.15, 0.2) is 18.2 Å². The lowest BCUT2D eigenvalue weighted by Crippen LogP contribution is -2.42. The third-order valence-corrected chi connectivity index (χ3v) is 4.49. The number of benzene rings is 1. The smallest absolute Gasteiger partial charge is 0.308 e. The highest BCUT2D eigenvalue weighted by Crippen LogP contribution is 2.28. The van der Waals surface area contributed by atoms with Crippen LogP contribution in [0.2, 0.25) is 0 Å². The second-order valence-corrected chi connectivity index (χ2v) is 6.39. The van der Waals surface area contributed by atoms with Gasteiger partial charge in [0.1, 0.15) is 0 Å². The zero-order chi connectivity index (χ0) is 19.1. The van der Waals surface area contributed by atoms with Crippen molar-refractivity contribution in [3.8, 4) is 11.5 Å². The molecule has 1 saturated heterocycles. The van der Waals surface area contributed by atoms with Crippen molar-refractivity contribution < 1.29 is 29.0 Å². The molecule has 26 heavy (non-hydrogen) atoms. The number of hydrogen-bond acceptors (Lipinski definition) is 5. The lowest BCUT2D eigenvalue weighted by Gasteiger charge is -2.30. The standard InChI is InChI=1S/C19H25NO6/c1-13(21)14-7-8-16(17(11-14)25-2)26-10-4-6-18(22)20-9-3-5-15(12-20)19(23)24/h7-8,11,15H,3-6,9-10,12H2,1-2H3,(H,23,24)/t15-/m0/s1. The van der Waals surface area contributed by atoms with Gasteiger partial charge in [0.15, 0.2) is 17.3 Å². The summed E-state index contributed by atoms with van der Waals surface area (Å²) < 4.78 is 10.9. The normalized spacial score (nSPS) is 16.8. The highest BCUT2D eigenvalue weighted by molar-refractivity contribution is 5.94. The topological polar surface area (TPSA) is 93.1 Å². The van der Waals surface area contributed by atoms with E-state index in [1.807, 2.05) is 0 Å². The Morgan fingerprint density at radius 1 is 1.27 bits per heavy atom. The number of methoxy groups -OCH3 is 1. The quantitative estimate of drug-likeness (QED) is 0.563. The van der Waals surface area contributed by atoms with Crippen LogP contribution in [-0.2, 0) is 9.59 Å². The minimum Gasteiger partial charge on any atom is -0.493 e. The predicted molar refractivity (Wildman–Crippen MR) is 94.7 cm³/mol. The Morgan fingerprint density at radius 2 is 2.04 bits per heavy atom. The number of ketones is 1. The van der Waals surface area contributed by atoms with Gasteiger partial charge in [-0.15, -0.1) is 0 Å². The Balaban J connectivity index is 1.80. The maximum atomic E-state index is 12.2. The molecule has 0 unspecified atom stereocenters. The van der Waals surface area contributed by atoms with Crippen molar-refractivity contribution in [2.75, 3.05) is 26.8 Å². The van der Waals surface area contributed by atoms with E-state index in [0.29, 0.717) is 49.5 Å². The second-order valence-electron chi connectivity index (χ2n) is 6.39. The third kappa shape index (κ3) is 5.21. The SMILES string of the molecule is COc1cc(C(C)=O)ccc1OCCCC(=O)N1CCC[C@H](C(=O)O)C1. The van der Waals surface area contributed by atoms with Crippen LogP contribution in [0, 0.1) is 5.92 Å². The minimum absolute atomic E-state index is 0.0431. The van der Waals surface area contributed by atoms with E-state index in [9.17, 15) is 14.4 Å². The molecule has 1 heterocycles. The van der Waals surface area contributed by atoms with Gasteiger partial charge >= 0.3 is 5.97 Å². The van der Waals surface area contributed by atoms with Crippen LogP contribution < -0.4 is 9.47 Å². The lowest BCUT2D eigenvalue weighted by molar-refractivity contribution is -0.145. The Hall–Kier alpha value is -2.57. The number of amides is 1. The van der Waals surface area contributed by atoms with Crippen LogP contribution in [-0.4, -0.2) is 54.5 Å². The molecule has 0 spiro atoms. The first-order valence-electron chi connectivity index (χ1n) is 8.74. The van der Waals surface area contributed by atoms with Crippen molar-refractivity contribution in [1.82, 2.24) is 4.90 Å². The third-order valence-electron chi connectivity index (χ3n) is 4.49. The molecule has 1 atom stereocenters. The Labute approximate surface area is 152 Å². The van der Waals surface area contributed by atoms with E-state index in [0.717, 1.165) is 6.42 Å². The number of carboxylic acids is 1. The summed E-state index contributed by atoms with van der Waals surface area (Å²) in [5.74, 6) is -0.404. The number of carbonyl (C=O) groups is 3. The number of Topliss-reactive ketones (excluding diaryl/α,β-unsaturated/α-hetero) is 1. The van der Waals surface area contributed by atoms with Gasteiger partial charge in [-0.05, 0) is 44.4 Å². The van der Waals surface area contributed by atoms with Crippen molar-refractivity contribution >= 4 is 17.7 Å². The molecule has 2 rings (SSSR count). The number of carboxylic acid groups (broad SMARTS) is 1. The zero-order valence-electron chi connectivity index (χ0n) is 15.2. The molecule has 0 aliphatic carbocycles. The first-order valence-corrected chi connectivity index (χ1v) is 8.74. The Bertz CT molecular complexity index is 672. The molecule has 1 aliphatic heterocycles. The summed E-state index contributed by atoms with van der Waals surface area (Å²) >= 11 is 0. The molecular weight excluding hydrogens is 338 g/mol. The molecule has 1 aromatic carbocycles. The van der Waals surface area contributed by atoms with Crippen molar-refractivity contribution in [1.29, 1.82) is 0 Å². The fourth-order valence-electron chi connectivity index (χ4n) is 2.97. The molecule has 1 aromatic rings. The minimum atomic E-state index is -0.841. The van der Waals surface area contributed by atoms with Gasteiger partial charge in [-0.25, -0.2) is 0 Å². The van der Waals surface area contributed by atoms with E-state index in [2.05, 4.69) is 0 Å². The number of aliphatic carboxylic acids is 1. The molecule has 0 bridgehead atoms. The van der Waals surface area contributed by atoms with Crippen LogP contribution in [0.5, 0.6) is 11.5 Å². The van der Waals surface area contributed by atoms with E-state index in [1.165, 1.54) is 14.0 Å². The van der Waals surface area contributed by atoms with Crippen LogP contribution in [0.3, 0.4) is 0 Å². The number of ether oxygens (including phenoxy) is 2. The van der Waals surface area contributed by atoms with Crippen molar-refractivity contribution in [2.45, 2.75) is 32.6 Å². The fourth-order valence-corrected chi connectivity index (χ4v) is 2.97. The Kier molecular flexibility index (Phi) is 7.00. The number of piperidine rings is 1. The molecule has 0 radical (unpaired) electrons. The molecule has 1 amide bonds.